The van der Waals surface area contributed by atoms with Crippen LogP contribution in [0.4, 0.5) is 0 Å². The van der Waals surface area contributed by atoms with E-state index in [4.69, 9.17) is 0 Å². The Labute approximate surface area is 73.8 Å². The van der Waals surface area contributed by atoms with E-state index >= 15 is 0 Å². The first kappa shape index (κ1) is 9.95. The largest absolute Gasteiger partial charge is 0.317 e. The Hall–Kier alpha value is -0.130. The second-order valence-corrected chi connectivity index (χ2v) is 5.09. The van der Waals surface area contributed by atoms with Gasteiger partial charge in [-0.05, 0) is 32.9 Å². The van der Waals surface area contributed by atoms with Crippen LogP contribution >= 0.6 is 0 Å². The van der Waals surface area contributed by atoms with Crippen molar-refractivity contribution >= 4 is 10.0 Å². The molecule has 72 valence electrons. The summed E-state index contributed by atoms with van der Waals surface area (Å²) in [5.74, 6) is 0.178. The fourth-order valence-corrected chi connectivity index (χ4v) is 2.19. The van der Waals surface area contributed by atoms with Crippen LogP contribution in [0.3, 0.4) is 0 Å². The average molecular weight is 192 g/mol. The molecule has 0 unspecified atom stereocenters. The minimum atomic E-state index is -3.00. The lowest BCUT2D eigenvalue weighted by Gasteiger charge is -2.23. The summed E-state index contributed by atoms with van der Waals surface area (Å²) < 4.78 is 24.9. The van der Waals surface area contributed by atoms with Gasteiger partial charge in [0.05, 0.1) is 5.75 Å². The summed E-state index contributed by atoms with van der Waals surface area (Å²) in [7, 11) is -3.00. The van der Waals surface area contributed by atoms with E-state index in [2.05, 4.69) is 10.0 Å². The SMILES string of the molecule is CCS(=O)(=O)NC1CCNCC1. The smallest absolute Gasteiger partial charge is 0.211 e. The maximum absolute atomic E-state index is 11.1. The van der Waals surface area contributed by atoms with Crippen LogP contribution in [0.25, 0.3) is 0 Å². The van der Waals surface area contributed by atoms with Gasteiger partial charge in [-0.25, -0.2) is 13.1 Å². The number of piperidine rings is 1. The van der Waals surface area contributed by atoms with Crippen LogP contribution in [0.2, 0.25) is 0 Å². The highest BCUT2D eigenvalue weighted by atomic mass is 32.2. The molecule has 4 nitrogen and oxygen atoms in total. The molecule has 0 aromatic rings. The number of hydrogen-bond donors (Lipinski definition) is 2. The van der Waals surface area contributed by atoms with Crippen molar-refractivity contribution < 1.29 is 8.42 Å². The third kappa shape index (κ3) is 3.08. The molecule has 1 aliphatic heterocycles. The van der Waals surface area contributed by atoms with E-state index in [-0.39, 0.29) is 11.8 Å². The molecule has 0 spiro atoms. The first-order valence-corrected chi connectivity index (χ1v) is 6.00. The molecule has 0 bridgehead atoms. The molecule has 0 aromatic carbocycles. The maximum Gasteiger partial charge on any atom is 0.211 e. The summed E-state index contributed by atoms with van der Waals surface area (Å²) in [5.41, 5.74) is 0. The third-order valence-corrected chi connectivity index (χ3v) is 3.52. The van der Waals surface area contributed by atoms with Gasteiger partial charge < -0.3 is 5.32 Å². The second-order valence-electron chi connectivity index (χ2n) is 3.05. The molecule has 0 radical (unpaired) electrons. The van der Waals surface area contributed by atoms with Crippen LogP contribution in [-0.2, 0) is 10.0 Å². The molecule has 1 heterocycles. The Kier molecular flexibility index (Phi) is 3.49. The van der Waals surface area contributed by atoms with Crippen molar-refractivity contribution in [3.05, 3.63) is 0 Å². The van der Waals surface area contributed by atoms with E-state index in [0.717, 1.165) is 25.9 Å². The Bertz CT molecular complexity index is 220. The van der Waals surface area contributed by atoms with E-state index in [1.165, 1.54) is 0 Å². The minimum Gasteiger partial charge on any atom is -0.317 e. The van der Waals surface area contributed by atoms with Gasteiger partial charge in [0.15, 0.2) is 0 Å². The molecule has 12 heavy (non-hydrogen) atoms. The maximum atomic E-state index is 11.1. The highest BCUT2D eigenvalue weighted by Gasteiger charge is 2.17. The predicted molar refractivity (Wildman–Crippen MR) is 48.5 cm³/mol. The Balaban J connectivity index is 2.39. The molecule has 0 amide bonds. The highest BCUT2D eigenvalue weighted by molar-refractivity contribution is 7.89. The van der Waals surface area contributed by atoms with Crippen molar-refractivity contribution in [3.8, 4) is 0 Å². The van der Waals surface area contributed by atoms with Crippen LogP contribution in [-0.4, -0.2) is 33.3 Å². The van der Waals surface area contributed by atoms with Gasteiger partial charge in [0.25, 0.3) is 0 Å². The zero-order valence-corrected chi connectivity index (χ0v) is 8.15. The molecule has 5 heteroatoms. The Morgan fingerprint density at radius 3 is 2.50 bits per heavy atom. The fourth-order valence-electron chi connectivity index (χ4n) is 1.28. The average Bonchev–Trinajstić information content (AvgIpc) is 2.06. The van der Waals surface area contributed by atoms with Gasteiger partial charge in [-0.1, -0.05) is 0 Å². The molecule has 0 aromatic heterocycles. The van der Waals surface area contributed by atoms with Crippen molar-refractivity contribution in [1.82, 2.24) is 10.0 Å². The molecular weight excluding hydrogens is 176 g/mol. The standard InChI is InChI=1S/C7H16N2O2S/c1-2-12(10,11)9-7-3-5-8-6-4-7/h7-9H,2-6H2,1H3. The van der Waals surface area contributed by atoms with Gasteiger partial charge >= 0.3 is 0 Å². The lowest BCUT2D eigenvalue weighted by atomic mass is 10.1. The zero-order chi connectivity index (χ0) is 9.03. The highest BCUT2D eigenvalue weighted by Crippen LogP contribution is 2.03. The minimum absolute atomic E-state index is 0.149. The molecule has 1 rings (SSSR count). The van der Waals surface area contributed by atoms with Crippen LogP contribution in [0.1, 0.15) is 19.8 Å². The molecular formula is C7H16N2O2S. The summed E-state index contributed by atoms with van der Waals surface area (Å²) in [4.78, 5) is 0. The van der Waals surface area contributed by atoms with Gasteiger partial charge in [-0.15, -0.1) is 0 Å². The first-order chi connectivity index (χ1) is 5.64. The van der Waals surface area contributed by atoms with Gasteiger partial charge in [-0.2, -0.15) is 0 Å². The topological polar surface area (TPSA) is 58.2 Å². The van der Waals surface area contributed by atoms with Crippen LogP contribution in [0.15, 0.2) is 0 Å². The number of sulfonamides is 1. The summed E-state index contributed by atoms with van der Waals surface area (Å²) in [6, 6.07) is 0.149. The monoisotopic (exact) mass is 192 g/mol. The van der Waals surface area contributed by atoms with E-state index in [1.807, 2.05) is 0 Å². The molecule has 2 N–H and O–H groups in total. The van der Waals surface area contributed by atoms with Crippen molar-refractivity contribution in [2.45, 2.75) is 25.8 Å². The molecule has 1 saturated heterocycles. The third-order valence-electron chi connectivity index (χ3n) is 2.07. The normalized spacial score (nSPS) is 21.1. The van der Waals surface area contributed by atoms with Crippen LogP contribution in [0, 0.1) is 0 Å². The lowest BCUT2D eigenvalue weighted by Crippen LogP contribution is -2.43. The van der Waals surface area contributed by atoms with E-state index in [9.17, 15) is 8.42 Å². The van der Waals surface area contributed by atoms with Gasteiger partial charge in [0, 0.05) is 6.04 Å². The quantitative estimate of drug-likeness (QED) is 0.644. The van der Waals surface area contributed by atoms with Gasteiger partial charge in [-0.3, -0.25) is 0 Å². The summed E-state index contributed by atoms with van der Waals surface area (Å²) >= 11 is 0. The zero-order valence-electron chi connectivity index (χ0n) is 7.34. The molecule has 0 atom stereocenters. The molecule has 0 aliphatic carbocycles. The van der Waals surface area contributed by atoms with Crippen molar-refractivity contribution in [2.75, 3.05) is 18.8 Å². The van der Waals surface area contributed by atoms with E-state index in [1.54, 1.807) is 6.92 Å². The Morgan fingerprint density at radius 1 is 1.42 bits per heavy atom. The lowest BCUT2D eigenvalue weighted by molar-refractivity contribution is 0.427. The number of hydrogen-bond acceptors (Lipinski definition) is 3. The Morgan fingerprint density at radius 2 is 2.00 bits per heavy atom. The number of nitrogens with one attached hydrogen (secondary N) is 2. The van der Waals surface area contributed by atoms with Crippen molar-refractivity contribution in [1.29, 1.82) is 0 Å². The van der Waals surface area contributed by atoms with Crippen molar-refractivity contribution in [3.63, 3.8) is 0 Å². The van der Waals surface area contributed by atoms with E-state index < -0.39 is 10.0 Å². The fraction of sp³-hybridized carbons (Fsp3) is 1.00. The number of rotatable bonds is 3. The van der Waals surface area contributed by atoms with Crippen molar-refractivity contribution in [2.24, 2.45) is 0 Å². The van der Waals surface area contributed by atoms with Gasteiger partial charge in [0.2, 0.25) is 10.0 Å². The summed E-state index contributed by atoms with van der Waals surface area (Å²) in [6.45, 7) is 3.48. The second kappa shape index (κ2) is 4.20. The van der Waals surface area contributed by atoms with Gasteiger partial charge in [0.1, 0.15) is 0 Å². The van der Waals surface area contributed by atoms with Crippen LogP contribution in [0.5, 0.6) is 0 Å². The molecule has 1 aliphatic rings. The predicted octanol–water partition coefficient (Wildman–Crippen LogP) is -0.322. The molecule has 1 fully saturated rings. The molecule has 0 saturated carbocycles. The van der Waals surface area contributed by atoms with Crippen LogP contribution < -0.4 is 10.0 Å². The summed E-state index contributed by atoms with van der Waals surface area (Å²) in [5, 5.41) is 3.18. The van der Waals surface area contributed by atoms with E-state index in [0.29, 0.717) is 0 Å². The first-order valence-electron chi connectivity index (χ1n) is 4.35. The summed E-state index contributed by atoms with van der Waals surface area (Å²) in [6.07, 6.45) is 1.80.